The molecule has 0 amide bonds. The van der Waals surface area contributed by atoms with Gasteiger partial charge in [-0.1, -0.05) is 18.2 Å². The Hall–Kier alpha value is -2.50. The van der Waals surface area contributed by atoms with Gasteiger partial charge in [-0.15, -0.1) is 0 Å². The number of aromatic nitrogens is 2. The number of Topliss-reactive ketones (excluding diaryl/α,β-unsaturated/α-hetero) is 1. The van der Waals surface area contributed by atoms with Gasteiger partial charge in [0.2, 0.25) is 0 Å². The van der Waals surface area contributed by atoms with Gasteiger partial charge in [-0.25, -0.2) is 4.98 Å². The number of rotatable bonds is 5. The van der Waals surface area contributed by atoms with Crippen LogP contribution in [0.1, 0.15) is 15.9 Å². The van der Waals surface area contributed by atoms with E-state index in [9.17, 15) is 4.79 Å². The largest absolute Gasteiger partial charge is 0.388 e. The summed E-state index contributed by atoms with van der Waals surface area (Å²) in [4.78, 5) is 21.5. The van der Waals surface area contributed by atoms with Crippen molar-refractivity contribution in [3.63, 3.8) is 0 Å². The molecule has 0 bridgehead atoms. The number of carbonyl (C=O) groups is 1. The number of hydrogen-bond donors (Lipinski definition) is 2. The van der Waals surface area contributed by atoms with Gasteiger partial charge >= 0.3 is 0 Å². The summed E-state index contributed by atoms with van der Waals surface area (Å²) in [5.74, 6) is 0.477. The Balaban J connectivity index is 1.98. The fraction of sp³-hybridized carbons (Fsp3) is 0.222. The summed E-state index contributed by atoms with van der Waals surface area (Å²) in [6.07, 6.45) is 0. The van der Waals surface area contributed by atoms with Crippen LogP contribution in [0.2, 0.25) is 0 Å². The Bertz CT molecular complexity index is 852. The molecule has 0 saturated carbocycles. The number of aliphatic hydroxyl groups excluding tert-OH is 1. The number of fused-ring (bicyclic) bond motifs is 1. The van der Waals surface area contributed by atoms with Crippen LogP contribution in [-0.2, 0) is 6.54 Å². The Labute approximate surface area is 134 Å². The second-order valence-corrected chi connectivity index (χ2v) is 5.84. The first-order valence-electron chi connectivity index (χ1n) is 7.44. The molecule has 0 aliphatic carbocycles. The summed E-state index contributed by atoms with van der Waals surface area (Å²) in [5, 5.41) is 8.97. The van der Waals surface area contributed by atoms with Crippen molar-refractivity contribution < 1.29 is 9.90 Å². The van der Waals surface area contributed by atoms with Crippen LogP contribution in [-0.4, -0.2) is 46.5 Å². The van der Waals surface area contributed by atoms with Crippen LogP contribution in [0.5, 0.6) is 0 Å². The average molecular weight is 309 g/mol. The van der Waals surface area contributed by atoms with Gasteiger partial charge in [-0.3, -0.25) is 4.79 Å². The molecule has 118 valence electrons. The molecule has 1 heterocycles. The lowest BCUT2D eigenvalue weighted by atomic mass is 10.1. The van der Waals surface area contributed by atoms with Crippen molar-refractivity contribution in [1.82, 2.24) is 14.9 Å². The first-order valence-corrected chi connectivity index (χ1v) is 7.44. The minimum absolute atomic E-state index is 0.295. The average Bonchev–Trinajstić information content (AvgIpc) is 2.97. The molecule has 0 radical (unpaired) electrons. The zero-order valence-corrected chi connectivity index (χ0v) is 13.2. The number of nitrogens with zero attached hydrogens (tertiary/aromatic N) is 2. The Morgan fingerprint density at radius 3 is 2.78 bits per heavy atom. The summed E-state index contributed by atoms with van der Waals surface area (Å²) < 4.78 is 0. The number of nitrogens with one attached hydrogen (secondary N) is 1. The number of aromatic amines is 1. The van der Waals surface area contributed by atoms with Crippen molar-refractivity contribution >= 4 is 16.8 Å². The standard InChI is InChI=1S/C18H19N3O2/c1-21(2)10-12-4-3-5-14(8-12)18-19-15-7-6-13(17(23)11-22)9-16(15)20-18/h3-9,22H,10-11H2,1-2H3,(H,19,20). The third kappa shape index (κ3) is 3.31. The quantitative estimate of drug-likeness (QED) is 0.710. The van der Waals surface area contributed by atoms with Crippen molar-refractivity contribution in [2.45, 2.75) is 6.54 Å². The minimum atomic E-state index is -0.487. The van der Waals surface area contributed by atoms with Gasteiger partial charge in [-0.2, -0.15) is 0 Å². The third-order valence-corrected chi connectivity index (χ3v) is 3.65. The molecule has 2 aromatic carbocycles. The smallest absolute Gasteiger partial charge is 0.188 e. The Kier molecular flexibility index (Phi) is 4.23. The van der Waals surface area contributed by atoms with E-state index >= 15 is 0 Å². The maximum absolute atomic E-state index is 11.6. The van der Waals surface area contributed by atoms with E-state index in [0.29, 0.717) is 5.56 Å². The van der Waals surface area contributed by atoms with Crippen LogP contribution in [0, 0.1) is 0 Å². The predicted molar refractivity (Wildman–Crippen MR) is 90.3 cm³/mol. The summed E-state index contributed by atoms with van der Waals surface area (Å²) in [7, 11) is 4.07. The fourth-order valence-electron chi connectivity index (χ4n) is 2.59. The molecule has 5 heteroatoms. The number of imidazole rings is 1. The molecule has 0 spiro atoms. The number of H-pyrrole nitrogens is 1. The van der Waals surface area contributed by atoms with Crippen LogP contribution in [0.3, 0.4) is 0 Å². The SMILES string of the molecule is CN(C)Cc1cccc(-c2nc3ccc(C(=O)CO)cc3[nH]2)c1. The van der Waals surface area contributed by atoms with Gasteiger partial charge in [0, 0.05) is 17.7 Å². The van der Waals surface area contributed by atoms with E-state index in [4.69, 9.17) is 5.11 Å². The van der Waals surface area contributed by atoms with Gasteiger partial charge in [0.25, 0.3) is 0 Å². The lowest BCUT2D eigenvalue weighted by Gasteiger charge is -2.10. The van der Waals surface area contributed by atoms with E-state index in [1.54, 1.807) is 18.2 Å². The number of aliphatic hydroxyl groups is 1. The molecule has 0 aliphatic heterocycles. The summed E-state index contributed by atoms with van der Waals surface area (Å²) >= 11 is 0. The molecular weight excluding hydrogens is 290 g/mol. The lowest BCUT2D eigenvalue weighted by Crippen LogP contribution is -2.10. The molecule has 0 fully saturated rings. The summed E-state index contributed by atoms with van der Waals surface area (Å²) in [5.41, 5.74) is 4.29. The Morgan fingerprint density at radius 1 is 1.22 bits per heavy atom. The van der Waals surface area contributed by atoms with E-state index < -0.39 is 6.61 Å². The van der Waals surface area contributed by atoms with E-state index in [0.717, 1.165) is 29.0 Å². The molecule has 23 heavy (non-hydrogen) atoms. The molecule has 1 aromatic heterocycles. The topological polar surface area (TPSA) is 69.2 Å². The second kappa shape index (κ2) is 6.32. The highest BCUT2D eigenvalue weighted by atomic mass is 16.3. The normalized spacial score (nSPS) is 11.3. The summed E-state index contributed by atoms with van der Waals surface area (Å²) in [6, 6.07) is 13.4. The molecule has 2 N–H and O–H groups in total. The molecule has 0 saturated heterocycles. The maximum Gasteiger partial charge on any atom is 0.188 e. The van der Waals surface area contributed by atoms with E-state index in [-0.39, 0.29) is 5.78 Å². The van der Waals surface area contributed by atoms with Crippen molar-refractivity contribution in [3.8, 4) is 11.4 Å². The summed E-state index contributed by atoms with van der Waals surface area (Å²) in [6.45, 7) is 0.377. The molecule has 0 aliphatic rings. The number of benzene rings is 2. The zero-order valence-electron chi connectivity index (χ0n) is 13.2. The van der Waals surface area contributed by atoms with Crippen molar-refractivity contribution in [1.29, 1.82) is 0 Å². The molecular formula is C18H19N3O2. The van der Waals surface area contributed by atoms with E-state index in [2.05, 4.69) is 27.0 Å². The maximum atomic E-state index is 11.6. The first kappa shape index (κ1) is 15.4. The number of ketones is 1. The first-order chi connectivity index (χ1) is 11.1. The van der Waals surface area contributed by atoms with Gasteiger partial charge < -0.3 is 15.0 Å². The van der Waals surface area contributed by atoms with Gasteiger partial charge in [-0.05, 0) is 43.9 Å². The van der Waals surface area contributed by atoms with Gasteiger partial charge in [0.1, 0.15) is 12.4 Å². The second-order valence-electron chi connectivity index (χ2n) is 5.84. The molecule has 0 atom stereocenters. The number of hydrogen-bond acceptors (Lipinski definition) is 4. The highest BCUT2D eigenvalue weighted by molar-refractivity contribution is 5.99. The highest BCUT2D eigenvalue weighted by Gasteiger charge is 2.10. The molecule has 5 nitrogen and oxygen atoms in total. The Morgan fingerprint density at radius 2 is 2.04 bits per heavy atom. The van der Waals surface area contributed by atoms with Gasteiger partial charge in [0.05, 0.1) is 11.0 Å². The number of carbonyl (C=O) groups excluding carboxylic acids is 1. The van der Waals surface area contributed by atoms with Crippen molar-refractivity contribution in [3.05, 3.63) is 53.6 Å². The van der Waals surface area contributed by atoms with Crippen LogP contribution < -0.4 is 0 Å². The van der Waals surface area contributed by atoms with Crippen LogP contribution >= 0.6 is 0 Å². The molecule has 0 unspecified atom stereocenters. The zero-order chi connectivity index (χ0) is 16.4. The van der Waals surface area contributed by atoms with Crippen LogP contribution in [0.25, 0.3) is 22.4 Å². The highest BCUT2D eigenvalue weighted by Crippen LogP contribution is 2.22. The van der Waals surface area contributed by atoms with E-state index in [1.807, 2.05) is 26.2 Å². The van der Waals surface area contributed by atoms with E-state index in [1.165, 1.54) is 5.56 Å². The minimum Gasteiger partial charge on any atom is -0.388 e. The fourth-order valence-corrected chi connectivity index (χ4v) is 2.59. The van der Waals surface area contributed by atoms with Gasteiger partial charge in [0.15, 0.2) is 5.78 Å². The van der Waals surface area contributed by atoms with Crippen molar-refractivity contribution in [2.24, 2.45) is 0 Å². The van der Waals surface area contributed by atoms with Crippen molar-refractivity contribution in [2.75, 3.05) is 20.7 Å². The lowest BCUT2D eigenvalue weighted by molar-refractivity contribution is 0.0904. The van der Waals surface area contributed by atoms with Crippen LogP contribution in [0.15, 0.2) is 42.5 Å². The van der Waals surface area contributed by atoms with Crippen LogP contribution in [0.4, 0.5) is 0 Å². The third-order valence-electron chi connectivity index (χ3n) is 3.65. The molecule has 3 rings (SSSR count). The predicted octanol–water partition coefficient (Wildman–Crippen LogP) is 2.47. The molecule has 3 aromatic rings. The monoisotopic (exact) mass is 309 g/mol.